The first-order valence-corrected chi connectivity index (χ1v) is 5.70. The molecule has 0 aliphatic heterocycles. The zero-order chi connectivity index (χ0) is 11.7. The molecule has 0 amide bonds. The monoisotopic (exact) mass is 204 g/mol. The van der Waals surface area contributed by atoms with Gasteiger partial charge < -0.3 is 0 Å². The van der Waals surface area contributed by atoms with Crippen molar-refractivity contribution >= 4 is 0 Å². The summed E-state index contributed by atoms with van der Waals surface area (Å²) in [5.74, 6) is 0. The van der Waals surface area contributed by atoms with Crippen molar-refractivity contribution in [1.29, 1.82) is 0 Å². The van der Waals surface area contributed by atoms with Gasteiger partial charge in [0.15, 0.2) is 0 Å². The van der Waals surface area contributed by atoms with E-state index in [4.69, 9.17) is 0 Å². The Labute approximate surface area is 95.1 Å². The van der Waals surface area contributed by atoms with Gasteiger partial charge in [0.1, 0.15) is 0 Å². The summed E-state index contributed by atoms with van der Waals surface area (Å²) in [7, 11) is 0. The van der Waals surface area contributed by atoms with E-state index in [2.05, 4.69) is 52.2 Å². The van der Waals surface area contributed by atoms with Crippen LogP contribution in [-0.2, 0) is 0 Å². The normalized spacial score (nSPS) is 10.8. The van der Waals surface area contributed by atoms with Crippen LogP contribution in [0.15, 0.2) is 41.2 Å². The minimum atomic E-state index is 1.09. The molecule has 0 aromatic carbocycles. The Morgan fingerprint density at radius 2 is 1.60 bits per heavy atom. The first kappa shape index (κ1) is 14.0. The van der Waals surface area contributed by atoms with Gasteiger partial charge in [-0.3, -0.25) is 0 Å². The molecule has 0 aromatic rings. The molecule has 0 aliphatic rings. The number of allylic oxidation sites excluding steroid dienone is 5. The SMILES string of the molecule is C=C=C(C)CCC=C(C)CCC=C(C)C. The van der Waals surface area contributed by atoms with Crippen LogP contribution in [0.5, 0.6) is 0 Å². The summed E-state index contributed by atoms with van der Waals surface area (Å²) in [4.78, 5) is 0. The third kappa shape index (κ3) is 9.31. The van der Waals surface area contributed by atoms with Crippen molar-refractivity contribution in [3.8, 4) is 0 Å². The lowest BCUT2D eigenvalue weighted by atomic mass is 10.1. The molecule has 0 N–H and O–H groups in total. The second kappa shape index (κ2) is 8.32. The molecule has 0 fully saturated rings. The third-order valence-corrected chi connectivity index (χ3v) is 2.41. The summed E-state index contributed by atoms with van der Waals surface area (Å²) < 4.78 is 0. The van der Waals surface area contributed by atoms with Crippen molar-refractivity contribution in [3.05, 3.63) is 41.2 Å². The molecular formula is C15H24. The molecule has 84 valence electrons. The molecule has 0 saturated heterocycles. The van der Waals surface area contributed by atoms with Gasteiger partial charge >= 0.3 is 0 Å². The highest BCUT2D eigenvalue weighted by Crippen LogP contribution is 2.10. The van der Waals surface area contributed by atoms with Gasteiger partial charge in [0.2, 0.25) is 0 Å². The Hall–Kier alpha value is -1.00. The van der Waals surface area contributed by atoms with Gasteiger partial charge in [0.05, 0.1) is 0 Å². The van der Waals surface area contributed by atoms with Crippen molar-refractivity contribution in [1.82, 2.24) is 0 Å². The zero-order valence-electron chi connectivity index (χ0n) is 10.7. The van der Waals surface area contributed by atoms with Crippen molar-refractivity contribution in [2.75, 3.05) is 0 Å². The van der Waals surface area contributed by atoms with E-state index in [1.807, 2.05) is 0 Å². The summed E-state index contributed by atoms with van der Waals surface area (Å²) in [5.41, 5.74) is 7.08. The molecule has 0 aliphatic carbocycles. The summed E-state index contributed by atoms with van der Waals surface area (Å²) in [6.07, 6.45) is 9.19. The van der Waals surface area contributed by atoms with E-state index in [-0.39, 0.29) is 0 Å². The van der Waals surface area contributed by atoms with E-state index in [1.54, 1.807) is 0 Å². The molecule has 15 heavy (non-hydrogen) atoms. The van der Waals surface area contributed by atoms with E-state index in [0.717, 1.165) is 12.8 Å². The highest BCUT2D eigenvalue weighted by molar-refractivity contribution is 5.04. The van der Waals surface area contributed by atoms with E-state index in [1.165, 1.54) is 29.6 Å². The molecule has 0 heteroatoms. The van der Waals surface area contributed by atoms with Gasteiger partial charge in [-0.1, -0.05) is 29.9 Å². The number of hydrogen-bond donors (Lipinski definition) is 0. The van der Waals surface area contributed by atoms with Crippen molar-refractivity contribution in [2.24, 2.45) is 0 Å². The molecule has 0 aromatic heterocycles. The molecule has 0 radical (unpaired) electrons. The average Bonchev–Trinajstić information content (AvgIpc) is 2.17. The number of rotatable bonds is 6. The lowest BCUT2D eigenvalue weighted by Gasteiger charge is -1.99. The molecule has 0 atom stereocenters. The summed E-state index contributed by atoms with van der Waals surface area (Å²) in [5, 5.41) is 0. The minimum absolute atomic E-state index is 1.09. The van der Waals surface area contributed by atoms with Crippen molar-refractivity contribution < 1.29 is 0 Å². The van der Waals surface area contributed by atoms with Crippen molar-refractivity contribution in [2.45, 2.75) is 53.4 Å². The predicted octanol–water partition coefficient (Wildman–Crippen LogP) is 5.19. The van der Waals surface area contributed by atoms with Crippen LogP contribution in [0.25, 0.3) is 0 Å². The fraction of sp³-hybridized carbons (Fsp3) is 0.533. The van der Waals surface area contributed by atoms with Gasteiger partial charge in [-0.2, -0.15) is 0 Å². The Balaban J connectivity index is 3.80. The van der Waals surface area contributed by atoms with Gasteiger partial charge in [0.25, 0.3) is 0 Å². The quantitative estimate of drug-likeness (QED) is 0.412. The van der Waals surface area contributed by atoms with E-state index in [0.29, 0.717) is 0 Å². The Morgan fingerprint density at radius 3 is 2.13 bits per heavy atom. The van der Waals surface area contributed by atoms with E-state index in [9.17, 15) is 0 Å². The molecule has 0 spiro atoms. The Morgan fingerprint density at radius 1 is 1.00 bits per heavy atom. The largest absolute Gasteiger partial charge is 0.130 e. The van der Waals surface area contributed by atoms with Gasteiger partial charge in [0, 0.05) is 0 Å². The highest BCUT2D eigenvalue weighted by atomic mass is 14.0. The van der Waals surface area contributed by atoms with Crippen LogP contribution in [0.4, 0.5) is 0 Å². The van der Waals surface area contributed by atoms with E-state index >= 15 is 0 Å². The fourth-order valence-corrected chi connectivity index (χ4v) is 1.31. The molecule has 0 nitrogen and oxygen atoms in total. The molecule has 0 rings (SSSR count). The summed E-state index contributed by atoms with van der Waals surface area (Å²) in [6.45, 7) is 12.2. The number of hydrogen-bond acceptors (Lipinski definition) is 0. The van der Waals surface area contributed by atoms with Crippen molar-refractivity contribution in [3.63, 3.8) is 0 Å². The van der Waals surface area contributed by atoms with Crippen LogP contribution in [0.3, 0.4) is 0 Å². The maximum atomic E-state index is 3.64. The average molecular weight is 204 g/mol. The first-order chi connectivity index (χ1) is 7.06. The molecule has 0 heterocycles. The summed E-state index contributed by atoms with van der Waals surface area (Å²) >= 11 is 0. The Kier molecular flexibility index (Phi) is 7.77. The highest BCUT2D eigenvalue weighted by Gasteiger charge is 1.90. The topological polar surface area (TPSA) is 0 Å². The van der Waals surface area contributed by atoms with Crippen LogP contribution in [0.1, 0.15) is 53.4 Å². The second-order valence-corrected chi connectivity index (χ2v) is 4.37. The lowest BCUT2D eigenvalue weighted by Crippen LogP contribution is -1.79. The molecular weight excluding hydrogens is 180 g/mol. The lowest BCUT2D eigenvalue weighted by molar-refractivity contribution is 0.919. The zero-order valence-corrected chi connectivity index (χ0v) is 10.7. The molecule has 0 unspecified atom stereocenters. The van der Waals surface area contributed by atoms with Crippen LogP contribution < -0.4 is 0 Å². The van der Waals surface area contributed by atoms with Crippen LogP contribution in [0.2, 0.25) is 0 Å². The predicted molar refractivity (Wildman–Crippen MR) is 70.0 cm³/mol. The maximum absolute atomic E-state index is 3.64. The third-order valence-electron chi connectivity index (χ3n) is 2.41. The van der Waals surface area contributed by atoms with Gasteiger partial charge in [-0.25, -0.2) is 0 Å². The first-order valence-electron chi connectivity index (χ1n) is 5.70. The second-order valence-electron chi connectivity index (χ2n) is 4.37. The minimum Gasteiger partial charge on any atom is -0.130 e. The Bertz CT molecular complexity index is 279. The van der Waals surface area contributed by atoms with Gasteiger partial charge in [-0.15, -0.1) is 5.73 Å². The smallest absolute Gasteiger partial charge is 0.0212 e. The standard InChI is InChI=1S/C15H24/c1-6-14(4)10-8-12-15(5)11-7-9-13(2)3/h9,12H,1,7-8,10-11H2,2-5H3. The fourth-order valence-electron chi connectivity index (χ4n) is 1.31. The maximum Gasteiger partial charge on any atom is -0.0212 e. The van der Waals surface area contributed by atoms with Gasteiger partial charge in [-0.05, 0) is 59.0 Å². The summed E-state index contributed by atoms with van der Waals surface area (Å²) in [6, 6.07) is 0. The van der Waals surface area contributed by atoms with Crippen LogP contribution in [-0.4, -0.2) is 0 Å². The van der Waals surface area contributed by atoms with Crippen LogP contribution in [0, 0.1) is 0 Å². The van der Waals surface area contributed by atoms with Crippen LogP contribution >= 0.6 is 0 Å². The molecule has 0 saturated carbocycles. The van der Waals surface area contributed by atoms with E-state index < -0.39 is 0 Å². The molecule has 0 bridgehead atoms.